The summed E-state index contributed by atoms with van der Waals surface area (Å²) in [6.07, 6.45) is 4.75. The number of hydrogen-bond donors (Lipinski definition) is 0. The molecule has 0 unspecified atom stereocenters. The van der Waals surface area contributed by atoms with Crippen LogP contribution >= 0.6 is 0 Å². The molecular formula is C67H85BN2Si. The van der Waals surface area contributed by atoms with Crippen LogP contribution in [0.4, 0.5) is 34.1 Å². The van der Waals surface area contributed by atoms with Gasteiger partial charge in [0.1, 0.15) is 0 Å². The van der Waals surface area contributed by atoms with Crippen molar-refractivity contribution in [2.45, 2.75) is 201 Å². The second-order valence-corrected chi connectivity index (χ2v) is 34.3. The molecule has 6 aromatic carbocycles. The highest BCUT2D eigenvalue weighted by atomic mass is 28.3. The highest BCUT2D eigenvalue weighted by Crippen LogP contribution is 2.54. The predicted molar refractivity (Wildman–Crippen MR) is 315 cm³/mol. The number of fused-ring (bicyclic) bond motifs is 6. The van der Waals surface area contributed by atoms with Crippen molar-refractivity contribution in [2.75, 3.05) is 9.80 Å². The Kier molecular flexibility index (Phi) is 11.1. The van der Waals surface area contributed by atoms with E-state index in [0.29, 0.717) is 0 Å². The molecule has 4 heteroatoms. The van der Waals surface area contributed by atoms with Gasteiger partial charge in [0.15, 0.2) is 0 Å². The van der Waals surface area contributed by atoms with Crippen molar-refractivity contribution in [2.24, 2.45) is 0 Å². The van der Waals surface area contributed by atoms with Gasteiger partial charge in [-0.05, 0) is 180 Å². The van der Waals surface area contributed by atoms with E-state index >= 15 is 0 Å². The molecule has 4 aliphatic rings. The molecule has 2 aliphatic heterocycles. The number of hydrogen-bond acceptors (Lipinski definition) is 2. The number of rotatable bonds is 4. The minimum Gasteiger partial charge on any atom is -0.311 e. The summed E-state index contributed by atoms with van der Waals surface area (Å²) < 4.78 is 0. The van der Waals surface area contributed by atoms with Gasteiger partial charge in [0.2, 0.25) is 0 Å². The lowest BCUT2D eigenvalue weighted by Crippen LogP contribution is -2.62. The van der Waals surface area contributed by atoms with E-state index in [4.69, 9.17) is 0 Å². The smallest absolute Gasteiger partial charge is 0.252 e. The SMILES string of the molecule is Cc1cc2c3c(c1)N(c1ccc(C(C)(C)C)cc1-c1ccc([Si](C)(C)C(C)(C)C)cc1)c1ccc(C(C)(C)C)cc1B3c1cc3c(cc1N2c1ccc2c(c1)C(C)(C)CCC2(C)C)C(C)(C)CCC3(C)C. The first-order valence-corrected chi connectivity index (χ1v) is 30.2. The monoisotopic (exact) mass is 957 g/mol. The van der Waals surface area contributed by atoms with E-state index < -0.39 is 8.07 Å². The molecule has 0 fully saturated rings. The van der Waals surface area contributed by atoms with Gasteiger partial charge in [-0.1, -0.05) is 191 Å². The molecule has 6 aromatic rings. The average molecular weight is 957 g/mol. The van der Waals surface area contributed by atoms with Crippen molar-refractivity contribution < 1.29 is 0 Å². The number of anilines is 6. The quantitative estimate of drug-likeness (QED) is 0.162. The minimum absolute atomic E-state index is 0.0201. The second kappa shape index (κ2) is 15.9. The van der Waals surface area contributed by atoms with Gasteiger partial charge >= 0.3 is 0 Å². The molecule has 2 heterocycles. The van der Waals surface area contributed by atoms with E-state index in [0.717, 1.165) is 0 Å². The summed E-state index contributed by atoms with van der Waals surface area (Å²) in [5.74, 6) is 0. The van der Waals surface area contributed by atoms with Crippen LogP contribution in [0.2, 0.25) is 18.1 Å². The third-order valence-electron chi connectivity index (χ3n) is 19.0. The fraction of sp³-hybridized carbons (Fsp3) is 0.463. The Labute approximate surface area is 432 Å². The number of benzene rings is 6. The van der Waals surface area contributed by atoms with Gasteiger partial charge in [0, 0.05) is 34.0 Å². The van der Waals surface area contributed by atoms with Crippen molar-refractivity contribution in [1.82, 2.24) is 0 Å². The van der Waals surface area contributed by atoms with E-state index in [1.165, 1.54) is 131 Å². The predicted octanol–water partition coefficient (Wildman–Crippen LogP) is 16.8. The average Bonchev–Trinajstić information content (AvgIpc) is 3.27. The minimum atomic E-state index is -1.75. The highest BCUT2D eigenvalue weighted by Gasteiger charge is 2.48. The molecule has 10 rings (SSSR count). The van der Waals surface area contributed by atoms with Crippen molar-refractivity contribution in [3.8, 4) is 11.1 Å². The Morgan fingerprint density at radius 1 is 0.451 bits per heavy atom. The molecule has 370 valence electrons. The van der Waals surface area contributed by atoms with Crippen LogP contribution in [0.3, 0.4) is 0 Å². The van der Waals surface area contributed by atoms with Crippen LogP contribution in [0, 0.1) is 6.92 Å². The lowest BCUT2D eigenvalue weighted by Gasteiger charge is -2.48. The van der Waals surface area contributed by atoms with Gasteiger partial charge in [0.25, 0.3) is 6.71 Å². The molecule has 0 saturated heterocycles. The van der Waals surface area contributed by atoms with Crippen molar-refractivity contribution in [3.63, 3.8) is 0 Å². The number of aryl methyl sites for hydroxylation is 1. The second-order valence-electron chi connectivity index (χ2n) is 29.0. The van der Waals surface area contributed by atoms with Crippen LogP contribution in [0.15, 0.2) is 103 Å². The molecule has 0 saturated carbocycles. The first kappa shape index (κ1) is 49.8. The number of nitrogens with zero attached hydrogens (tertiary/aromatic N) is 2. The fourth-order valence-corrected chi connectivity index (χ4v) is 14.7. The van der Waals surface area contributed by atoms with Crippen LogP contribution in [0.5, 0.6) is 0 Å². The largest absolute Gasteiger partial charge is 0.311 e. The molecule has 2 nitrogen and oxygen atoms in total. The maximum absolute atomic E-state index is 2.72. The van der Waals surface area contributed by atoms with Gasteiger partial charge in [-0.3, -0.25) is 0 Å². The van der Waals surface area contributed by atoms with Crippen LogP contribution in [-0.2, 0) is 32.5 Å². The molecule has 0 radical (unpaired) electrons. The molecule has 0 spiro atoms. The zero-order chi connectivity index (χ0) is 51.6. The summed E-state index contributed by atoms with van der Waals surface area (Å²) in [5.41, 5.74) is 24.8. The molecule has 0 atom stereocenters. The molecule has 0 aromatic heterocycles. The Bertz CT molecular complexity index is 3140. The Morgan fingerprint density at radius 2 is 0.930 bits per heavy atom. The van der Waals surface area contributed by atoms with E-state index in [2.05, 4.69) is 251 Å². The topological polar surface area (TPSA) is 6.48 Å². The summed E-state index contributed by atoms with van der Waals surface area (Å²) in [5, 5.41) is 1.76. The van der Waals surface area contributed by atoms with Crippen LogP contribution < -0.4 is 31.4 Å². The Morgan fingerprint density at radius 3 is 1.48 bits per heavy atom. The first-order chi connectivity index (χ1) is 32.7. The Hall–Kier alpha value is -4.80. The summed E-state index contributed by atoms with van der Waals surface area (Å²) >= 11 is 0. The first-order valence-electron chi connectivity index (χ1n) is 27.2. The third-order valence-corrected chi connectivity index (χ3v) is 24.6. The van der Waals surface area contributed by atoms with Gasteiger partial charge in [-0.2, -0.15) is 0 Å². The summed E-state index contributed by atoms with van der Waals surface area (Å²) in [7, 11) is -1.75. The standard InChI is InChI=1S/C67H85BN2Si/c1-42-35-58-60-59(36-42)70(55-29-23-44(61(2,3)4)37-48(55)43-21-26-47(27-22-43)71(19,20)63(8,9)10)56-30-24-45(62(5,6)7)38-53(56)68(60)54-40-51-52(67(17,18)34-33-66(51,15)16)41-57(54)69(58)46-25-28-49-50(39-46)65(13,14)32-31-64(49,11)12/h21-30,35-41H,31-34H2,1-20H3. The van der Waals surface area contributed by atoms with Gasteiger partial charge < -0.3 is 9.80 Å². The van der Waals surface area contributed by atoms with Gasteiger partial charge in [-0.15, -0.1) is 0 Å². The normalized spacial score (nSPS) is 18.6. The van der Waals surface area contributed by atoms with E-state index in [9.17, 15) is 0 Å². The lowest BCUT2D eigenvalue weighted by atomic mass is 9.33. The van der Waals surface area contributed by atoms with E-state index in [1.54, 1.807) is 0 Å². The van der Waals surface area contributed by atoms with E-state index in [1.807, 2.05) is 0 Å². The summed E-state index contributed by atoms with van der Waals surface area (Å²) in [6.45, 7) is 48.8. The van der Waals surface area contributed by atoms with Crippen molar-refractivity contribution in [1.29, 1.82) is 0 Å². The molecule has 0 amide bonds. The van der Waals surface area contributed by atoms with Crippen LogP contribution in [-0.4, -0.2) is 14.8 Å². The molecule has 0 N–H and O–H groups in total. The maximum Gasteiger partial charge on any atom is 0.252 e. The molecule has 71 heavy (non-hydrogen) atoms. The molecule has 0 bridgehead atoms. The van der Waals surface area contributed by atoms with Crippen LogP contribution in [0.25, 0.3) is 11.1 Å². The zero-order valence-electron chi connectivity index (χ0n) is 47.6. The summed E-state index contributed by atoms with van der Waals surface area (Å²) in [4.78, 5) is 5.40. The molecular weight excluding hydrogens is 872 g/mol. The van der Waals surface area contributed by atoms with E-state index in [-0.39, 0.29) is 44.2 Å². The van der Waals surface area contributed by atoms with Crippen molar-refractivity contribution >= 4 is 70.5 Å². The fourth-order valence-electron chi connectivity index (χ4n) is 12.8. The summed E-state index contributed by atoms with van der Waals surface area (Å²) in [6, 6.07) is 42.7. The van der Waals surface area contributed by atoms with Gasteiger partial charge in [0.05, 0.1) is 13.8 Å². The molecule has 2 aliphatic carbocycles. The van der Waals surface area contributed by atoms with Gasteiger partial charge in [-0.25, -0.2) is 0 Å². The van der Waals surface area contributed by atoms with Crippen LogP contribution in [0.1, 0.15) is 182 Å². The lowest BCUT2D eigenvalue weighted by molar-refractivity contribution is 0.332. The van der Waals surface area contributed by atoms with Crippen molar-refractivity contribution in [3.05, 3.63) is 142 Å². The highest BCUT2D eigenvalue weighted by molar-refractivity contribution is 7.00. The maximum atomic E-state index is 2.72. The Balaban J connectivity index is 1.31. The zero-order valence-corrected chi connectivity index (χ0v) is 48.6. The third kappa shape index (κ3) is 7.93.